The molecule has 0 bridgehead atoms. The number of benzene rings is 2. The molecule has 0 atom stereocenters. The second-order valence-electron chi connectivity index (χ2n) is 4.28. The smallest absolute Gasteiger partial charge is 0.242 e. The average Bonchev–Trinajstić information content (AvgIpc) is 2.46. The Morgan fingerprint density at radius 2 is 1.95 bits per heavy atom. The number of nitrogens with two attached hydrogens (primary N) is 1. The second-order valence-corrected chi connectivity index (χ2v) is 6.02. The van der Waals surface area contributed by atoms with E-state index >= 15 is 0 Å². The van der Waals surface area contributed by atoms with E-state index in [0.29, 0.717) is 5.69 Å². The number of hydrogen-bond acceptors (Lipinski definition) is 4. The molecule has 108 valence electrons. The third-order valence-corrected chi connectivity index (χ3v) is 4.28. The Morgan fingerprint density at radius 3 is 2.62 bits per heavy atom. The van der Waals surface area contributed by atoms with Crippen molar-refractivity contribution in [2.24, 2.45) is 0 Å². The van der Waals surface area contributed by atoms with E-state index in [9.17, 15) is 12.8 Å². The summed E-state index contributed by atoms with van der Waals surface area (Å²) in [6.45, 7) is -0.204. The monoisotopic (exact) mass is 305 g/mol. The van der Waals surface area contributed by atoms with Gasteiger partial charge in [-0.2, -0.15) is 5.26 Å². The van der Waals surface area contributed by atoms with Crippen LogP contribution in [0.4, 0.5) is 10.1 Å². The fraction of sp³-hybridized carbons (Fsp3) is 0.0714. The number of nitrogen functional groups attached to an aromatic ring is 1. The highest BCUT2D eigenvalue weighted by Crippen LogP contribution is 2.18. The maximum atomic E-state index is 13.5. The normalized spacial score (nSPS) is 11.0. The van der Waals surface area contributed by atoms with Gasteiger partial charge in [-0.05, 0) is 24.3 Å². The molecule has 5 nitrogen and oxygen atoms in total. The number of rotatable bonds is 4. The summed E-state index contributed by atoms with van der Waals surface area (Å²) in [4.78, 5) is -0.185. The van der Waals surface area contributed by atoms with Crippen molar-refractivity contribution in [3.63, 3.8) is 0 Å². The van der Waals surface area contributed by atoms with Crippen molar-refractivity contribution in [2.75, 3.05) is 5.73 Å². The molecular formula is C14H12FN3O2S. The summed E-state index contributed by atoms with van der Waals surface area (Å²) in [5, 5.41) is 8.98. The first-order chi connectivity index (χ1) is 9.94. The van der Waals surface area contributed by atoms with Crippen molar-refractivity contribution in [1.82, 2.24) is 4.72 Å². The van der Waals surface area contributed by atoms with Crippen LogP contribution in [0.3, 0.4) is 0 Å². The molecule has 0 saturated heterocycles. The van der Waals surface area contributed by atoms with Crippen molar-refractivity contribution in [2.45, 2.75) is 11.4 Å². The Kier molecular flexibility index (Phi) is 4.21. The van der Waals surface area contributed by atoms with Crippen LogP contribution in [0.2, 0.25) is 0 Å². The van der Waals surface area contributed by atoms with E-state index in [4.69, 9.17) is 11.0 Å². The van der Waals surface area contributed by atoms with E-state index in [1.807, 2.05) is 0 Å². The summed E-state index contributed by atoms with van der Waals surface area (Å²) in [5.74, 6) is -0.502. The van der Waals surface area contributed by atoms with Crippen LogP contribution in [0.1, 0.15) is 11.1 Å². The van der Waals surface area contributed by atoms with Gasteiger partial charge in [-0.3, -0.25) is 0 Å². The quantitative estimate of drug-likeness (QED) is 0.841. The van der Waals surface area contributed by atoms with E-state index in [1.54, 1.807) is 12.1 Å². The molecule has 0 saturated carbocycles. The zero-order chi connectivity index (χ0) is 15.5. The molecule has 0 fully saturated rings. The highest BCUT2D eigenvalue weighted by atomic mass is 32.2. The first kappa shape index (κ1) is 15.0. The minimum atomic E-state index is -3.93. The SMILES string of the molecule is N#Cc1cc(N)ccc1S(=O)(=O)NCc1ccccc1F. The number of nitriles is 1. The molecule has 7 heteroatoms. The lowest BCUT2D eigenvalue weighted by Crippen LogP contribution is -2.24. The molecule has 0 aliphatic heterocycles. The van der Waals surface area contributed by atoms with Gasteiger partial charge in [0, 0.05) is 17.8 Å². The number of anilines is 1. The van der Waals surface area contributed by atoms with E-state index in [1.165, 1.54) is 36.4 Å². The molecular weight excluding hydrogens is 293 g/mol. The maximum Gasteiger partial charge on any atom is 0.242 e. The minimum absolute atomic E-state index is 0.0592. The Labute approximate surface area is 121 Å². The molecule has 0 aliphatic rings. The van der Waals surface area contributed by atoms with Gasteiger partial charge in [-0.1, -0.05) is 18.2 Å². The molecule has 2 rings (SSSR count). The summed E-state index contributed by atoms with van der Waals surface area (Å²) in [5.41, 5.74) is 5.96. The fourth-order valence-electron chi connectivity index (χ4n) is 1.76. The van der Waals surface area contributed by atoms with Crippen molar-refractivity contribution in [3.8, 4) is 6.07 Å². The van der Waals surface area contributed by atoms with Gasteiger partial charge in [0.15, 0.2) is 0 Å². The first-order valence-electron chi connectivity index (χ1n) is 5.97. The standard InChI is InChI=1S/C14H12FN3O2S/c15-13-4-2-1-3-10(13)9-18-21(19,20)14-6-5-12(17)7-11(14)8-16/h1-7,18H,9,17H2. The molecule has 2 aromatic carbocycles. The highest BCUT2D eigenvalue weighted by molar-refractivity contribution is 7.89. The van der Waals surface area contributed by atoms with E-state index in [2.05, 4.69) is 4.72 Å². The Hall–Kier alpha value is -2.43. The largest absolute Gasteiger partial charge is 0.399 e. The lowest BCUT2D eigenvalue weighted by atomic mass is 10.2. The van der Waals surface area contributed by atoms with Crippen molar-refractivity contribution < 1.29 is 12.8 Å². The van der Waals surface area contributed by atoms with Gasteiger partial charge in [0.05, 0.1) is 10.5 Å². The van der Waals surface area contributed by atoms with Gasteiger partial charge in [0.25, 0.3) is 0 Å². The molecule has 21 heavy (non-hydrogen) atoms. The maximum absolute atomic E-state index is 13.5. The third-order valence-electron chi connectivity index (χ3n) is 2.82. The van der Waals surface area contributed by atoms with Gasteiger partial charge in [0.2, 0.25) is 10.0 Å². The van der Waals surface area contributed by atoms with Crippen LogP contribution in [-0.2, 0) is 16.6 Å². The zero-order valence-corrected chi connectivity index (χ0v) is 11.7. The van der Waals surface area contributed by atoms with Crippen molar-refractivity contribution in [1.29, 1.82) is 5.26 Å². The first-order valence-corrected chi connectivity index (χ1v) is 7.45. The average molecular weight is 305 g/mol. The molecule has 0 heterocycles. The van der Waals surface area contributed by atoms with E-state index < -0.39 is 15.8 Å². The Balaban J connectivity index is 2.28. The number of sulfonamides is 1. The number of nitrogens with zero attached hydrogens (tertiary/aromatic N) is 1. The van der Waals surface area contributed by atoms with Gasteiger partial charge < -0.3 is 5.73 Å². The zero-order valence-electron chi connectivity index (χ0n) is 10.9. The van der Waals surface area contributed by atoms with Crippen LogP contribution in [0.5, 0.6) is 0 Å². The third kappa shape index (κ3) is 3.37. The van der Waals surface area contributed by atoms with Gasteiger partial charge >= 0.3 is 0 Å². The van der Waals surface area contributed by atoms with Crippen LogP contribution in [0.15, 0.2) is 47.4 Å². The van der Waals surface area contributed by atoms with Gasteiger partial charge in [-0.25, -0.2) is 17.5 Å². The number of nitrogens with one attached hydrogen (secondary N) is 1. The topological polar surface area (TPSA) is 96.0 Å². The molecule has 0 unspecified atom stereocenters. The Bertz CT molecular complexity index is 813. The van der Waals surface area contributed by atoms with Gasteiger partial charge in [-0.15, -0.1) is 0 Å². The molecule has 0 radical (unpaired) electrons. The number of halogens is 1. The van der Waals surface area contributed by atoms with Crippen molar-refractivity contribution >= 4 is 15.7 Å². The van der Waals surface area contributed by atoms with Gasteiger partial charge in [0.1, 0.15) is 11.9 Å². The summed E-state index contributed by atoms with van der Waals surface area (Å²) in [7, 11) is -3.93. The number of hydrogen-bond donors (Lipinski definition) is 2. The predicted molar refractivity (Wildman–Crippen MR) is 76.0 cm³/mol. The molecule has 0 amide bonds. The van der Waals surface area contributed by atoms with Crippen LogP contribution in [0, 0.1) is 17.1 Å². The van der Waals surface area contributed by atoms with Crippen LogP contribution in [0.25, 0.3) is 0 Å². The molecule has 2 aromatic rings. The van der Waals surface area contributed by atoms with Crippen LogP contribution >= 0.6 is 0 Å². The second kappa shape index (κ2) is 5.91. The van der Waals surface area contributed by atoms with E-state index in [-0.39, 0.29) is 22.6 Å². The Morgan fingerprint density at radius 1 is 1.24 bits per heavy atom. The predicted octanol–water partition coefficient (Wildman–Crippen LogP) is 1.76. The molecule has 0 aliphatic carbocycles. The molecule has 3 N–H and O–H groups in total. The van der Waals surface area contributed by atoms with Crippen LogP contribution in [-0.4, -0.2) is 8.42 Å². The lowest BCUT2D eigenvalue weighted by Gasteiger charge is -2.09. The minimum Gasteiger partial charge on any atom is -0.399 e. The molecule has 0 aromatic heterocycles. The summed E-state index contributed by atoms with van der Waals surface area (Å²) >= 11 is 0. The fourth-order valence-corrected chi connectivity index (χ4v) is 2.90. The summed E-state index contributed by atoms with van der Waals surface area (Å²) in [6.07, 6.45) is 0. The summed E-state index contributed by atoms with van der Waals surface area (Å²) in [6, 6.07) is 11.5. The van der Waals surface area contributed by atoms with E-state index in [0.717, 1.165) is 0 Å². The van der Waals surface area contributed by atoms with Crippen LogP contribution < -0.4 is 10.5 Å². The highest BCUT2D eigenvalue weighted by Gasteiger charge is 2.19. The van der Waals surface area contributed by atoms with Crippen molar-refractivity contribution in [3.05, 3.63) is 59.4 Å². The summed E-state index contributed by atoms with van der Waals surface area (Å²) < 4.78 is 40.1. The lowest BCUT2D eigenvalue weighted by molar-refractivity contribution is 0.574. The molecule has 0 spiro atoms.